The number of anilines is 1. The predicted octanol–water partition coefficient (Wildman–Crippen LogP) is 1.71. The first-order valence-electron chi connectivity index (χ1n) is 10.6. The minimum atomic E-state index is -0.371. The molecule has 0 aliphatic carbocycles. The summed E-state index contributed by atoms with van der Waals surface area (Å²) < 4.78 is 21.1. The first-order chi connectivity index (χ1) is 15.4. The number of hydrogen-bond donors (Lipinski definition) is 1. The third kappa shape index (κ3) is 6.19. The van der Waals surface area contributed by atoms with Crippen LogP contribution in [0.15, 0.2) is 29.4 Å². The molecule has 0 atom stereocenters. The van der Waals surface area contributed by atoms with Gasteiger partial charge in [0.2, 0.25) is 17.8 Å². The van der Waals surface area contributed by atoms with Crippen molar-refractivity contribution < 1.29 is 18.7 Å². The van der Waals surface area contributed by atoms with E-state index in [-0.39, 0.29) is 36.0 Å². The molecule has 3 rings (SSSR count). The van der Waals surface area contributed by atoms with Gasteiger partial charge in [-0.15, -0.1) is 10.2 Å². The number of rotatable bonds is 9. The van der Waals surface area contributed by atoms with Crippen LogP contribution in [0.25, 0.3) is 5.69 Å². The zero-order valence-corrected chi connectivity index (χ0v) is 19.4. The Morgan fingerprint density at radius 3 is 2.69 bits per heavy atom. The fourth-order valence-electron chi connectivity index (χ4n) is 3.30. The van der Waals surface area contributed by atoms with Gasteiger partial charge in [-0.05, 0) is 39.0 Å². The number of benzene rings is 1. The molecule has 11 heteroatoms. The maximum atomic E-state index is 13.9. The third-order valence-electron chi connectivity index (χ3n) is 4.82. The Bertz CT molecular complexity index is 932. The van der Waals surface area contributed by atoms with Crippen LogP contribution in [0.2, 0.25) is 0 Å². The van der Waals surface area contributed by atoms with E-state index in [0.717, 1.165) is 0 Å². The van der Waals surface area contributed by atoms with Gasteiger partial charge in [0.1, 0.15) is 5.82 Å². The molecule has 2 amide bonds. The lowest BCUT2D eigenvalue weighted by atomic mass is 10.3. The minimum absolute atomic E-state index is 0.00366. The molecular weight excluding hydrogens is 435 g/mol. The summed E-state index contributed by atoms with van der Waals surface area (Å²) in [5, 5.41) is 11.9. The second kappa shape index (κ2) is 11.3. The molecule has 1 aliphatic heterocycles. The Kier molecular flexibility index (Phi) is 8.46. The van der Waals surface area contributed by atoms with E-state index in [2.05, 4.69) is 15.5 Å². The maximum Gasteiger partial charge on any atom is 0.239 e. The number of halogens is 1. The lowest BCUT2D eigenvalue weighted by molar-refractivity contribution is -0.134. The number of ether oxygens (including phenoxy) is 1. The number of likely N-dealkylation sites (N-methyl/N-ethyl adjacent to an activating group) is 1. The van der Waals surface area contributed by atoms with Crippen molar-refractivity contribution in [1.82, 2.24) is 25.0 Å². The minimum Gasteiger partial charge on any atom is -0.378 e. The van der Waals surface area contributed by atoms with Crippen molar-refractivity contribution in [3.05, 3.63) is 30.1 Å². The molecule has 0 unspecified atom stereocenters. The van der Waals surface area contributed by atoms with E-state index in [1.165, 1.54) is 28.8 Å². The Morgan fingerprint density at radius 2 is 2.03 bits per heavy atom. The van der Waals surface area contributed by atoms with E-state index in [9.17, 15) is 14.0 Å². The highest BCUT2D eigenvalue weighted by Crippen LogP contribution is 2.27. The normalized spacial score (nSPS) is 14.0. The van der Waals surface area contributed by atoms with Gasteiger partial charge in [0.25, 0.3) is 0 Å². The van der Waals surface area contributed by atoms with Crippen molar-refractivity contribution in [2.45, 2.75) is 32.0 Å². The van der Waals surface area contributed by atoms with Crippen molar-refractivity contribution in [2.75, 3.05) is 50.0 Å². The Balaban J connectivity index is 1.77. The summed E-state index contributed by atoms with van der Waals surface area (Å²) in [7, 11) is 0. The Labute approximate surface area is 191 Å². The number of morpholine rings is 1. The largest absolute Gasteiger partial charge is 0.378 e. The van der Waals surface area contributed by atoms with Gasteiger partial charge in [0, 0.05) is 25.7 Å². The molecule has 0 radical (unpaired) electrons. The molecule has 1 saturated heterocycles. The van der Waals surface area contributed by atoms with E-state index in [1.54, 1.807) is 16.7 Å². The first kappa shape index (κ1) is 24.0. The number of amides is 2. The molecule has 174 valence electrons. The zero-order chi connectivity index (χ0) is 23.1. The molecule has 9 nitrogen and oxygen atoms in total. The van der Waals surface area contributed by atoms with Crippen LogP contribution in [0.3, 0.4) is 0 Å². The van der Waals surface area contributed by atoms with E-state index in [0.29, 0.717) is 49.6 Å². The molecule has 32 heavy (non-hydrogen) atoms. The smallest absolute Gasteiger partial charge is 0.239 e. The standard InChI is InChI=1S/C21H29FN6O3S/c1-4-26(13-18(29)23-15(2)3)19(30)14-32-21-25-24-20(27-8-10-31-11-9-27)28(21)17-7-5-6-16(22)12-17/h5-7,12,15H,4,8-11,13-14H2,1-3H3,(H,23,29). The molecule has 1 aliphatic rings. The average molecular weight is 465 g/mol. The number of carbonyl (C=O) groups excluding carboxylic acids is 2. The molecule has 2 aromatic rings. The van der Waals surface area contributed by atoms with Gasteiger partial charge in [-0.3, -0.25) is 14.2 Å². The molecule has 1 fully saturated rings. The van der Waals surface area contributed by atoms with Crippen LogP contribution >= 0.6 is 11.8 Å². The highest BCUT2D eigenvalue weighted by atomic mass is 32.2. The average Bonchev–Trinajstić information content (AvgIpc) is 3.20. The lowest BCUT2D eigenvalue weighted by Gasteiger charge is -2.28. The second-order valence-corrected chi connectivity index (χ2v) is 8.56. The van der Waals surface area contributed by atoms with Gasteiger partial charge < -0.3 is 19.9 Å². The fourth-order valence-corrected chi connectivity index (χ4v) is 4.15. The number of nitrogens with one attached hydrogen (secondary N) is 1. The maximum absolute atomic E-state index is 13.9. The number of nitrogens with zero attached hydrogens (tertiary/aromatic N) is 5. The van der Waals surface area contributed by atoms with Crippen LogP contribution < -0.4 is 10.2 Å². The van der Waals surface area contributed by atoms with Gasteiger partial charge >= 0.3 is 0 Å². The van der Waals surface area contributed by atoms with Crippen LogP contribution in [0.4, 0.5) is 10.3 Å². The summed E-state index contributed by atoms with van der Waals surface area (Å²) in [5.74, 6) is -0.0860. The predicted molar refractivity (Wildman–Crippen MR) is 121 cm³/mol. The summed E-state index contributed by atoms with van der Waals surface area (Å²) in [6.45, 7) is 8.43. The Hall–Kier alpha value is -2.66. The molecule has 0 saturated carbocycles. The number of aromatic nitrogens is 3. The molecule has 0 bridgehead atoms. The molecule has 1 N–H and O–H groups in total. The summed E-state index contributed by atoms with van der Waals surface area (Å²) in [6, 6.07) is 6.19. The molecule has 1 aromatic carbocycles. The fraction of sp³-hybridized carbons (Fsp3) is 0.524. The SMILES string of the molecule is CCN(CC(=O)NC(C)C)C(=O)CSc1nnc(N2CCOCC2)n1-c1cccc(F)c1. The number of carbonyl (C=O) groups is 2. The highest BCUT2D eigenvalue weighted by molar-refractivity contribution is 7.99. The second-order valence-electron chi connectivity index (χ2n) is 7.62. The molecule has 0 spiro atoms. The summed E-state index contributed by atoms with van der Waals surface area (Å²) >= 11 is 1.21. The van der Waals surface area contributed by atoms with E-state index >= 15 is 0 Å². The van der Waals surface area contributed by atoms with Crippen molar-refractivity contribution >= 4 is 29.5 Å². The Morgan fingerprint density at radius 1 is 1.28 bits per heavy atom. The van der Waals surface area contributed by atoms with E-state index in [1.807, 2.05) is 25.7 Å². The van der Waals surface area contributed by atoms with Gasteiger partial charge in [-0.1, -0.05) is 17.8 Å². The van der Waals surface area contributed by atoms with Crippen molar-refractivity contribution in [3.63, 3.8) is 0 Å². The lowest BCUT2D eigenvalue weighted by Crippen LogP contribution is -2.43. The quantitative estimate of drug-likeness (QED) is 0.565. The molecule has 2 heterocycles. The van der Waals surface area contributed by atoms with E-state index < -0.39 is 0 Å². The molecular formula is C21H29FN6O3S. The highest BCUT2D eigenvalue weighted by Gasteiger charge is 2.24. The van der Waals surface area contributed by atoms with Crippen LogP contribution in [-0.2, 0) is 14.3 Å². The monoisotopic (exact) mass is 464 g/mol. The van der Waals surface area contributed by atoms with Crippen LogP contribution in [-0.4, -0.2) is 82.7 Å². The topological polar surface area (TPSA) is 92.6 Å². The van der Waals surface area contributed by atoms with Crippen molar-refractivity contribution in [1.29, 1.82) is 0 Å². The summed E-state index contributed by atoms with van der Waals surface area (Å²) in [5.41, 5.74) is 0.579. The van der Waals surface area contributed by atoms with Crippen LogP contribution in [0.5, 0.6) is 0 Å². The zero-order valence-electron chi connectivity index (χ0n) is 18.6. The van der Waals surface area contributed by atoms with Gasteiger partial charge in [0.05, 0.1) is 31.2 Å². The van der Waals surface area contributed by atoms with E-state index in [4.69, 9.17) is 4.74 Å². The van der Waals surface area contributed by atoms with Gasteiger partial charge in [0.15, 0.2) is 5.16 Å². The van der Waals surface area contributed by atoms with Crippen molar-refractivity contribution in [2.24, 2.45) is 0 Å². The number of thioether (sulfide) groups is 1. The first-order valence-corrected chi connectivity index (χ1v) is 11.6. The van der Waals surface area contributed by atoms with Gasteiger partial charge in [-0.25, -0.2) is 4.39 Å². The van der Waals surface area contributed by atoms with Crippen LogP contribution in [0.1, 0.15) is 20.8 Å². The summed E-state index contributed by atoms with van der Waals surface area (Å²) in [4.78, 5) is 28.3. The van der Waals surface area contributed by atoms with Gasteiger partial charge in [-0.2, -0.15) is 0 Å². The third-order valence-corrected chi connectivity index (χ3v) is 5.73. The molecule has 1 aromatic heterocycles. The van der Waals surface area contributed by atoms with Crippen molar-refractivity contribution in [3.8, 4) is 5.69 Å². The van der Waals surface area contributed by atoms with Crippen LogP contribution in [0, 0.1) is 5.82 Å². The summed E-state index contributed by atoms with van der Waals surface area (Å²) in [6.07, 6.45) is 0. The number of hydrogen-bond acceptors (Lipinski definition) is 7.